The maximum absolute atomic E-state index is 10.6. The Balaban J connectivity index is 3.05. The van der Waals surface area contributed by atoms with Crippen molar-refractivity contribution in [2.24, 2.45) is 5.92 Å². The number of hydrogen-bond donors (Lipinski definition) is 1. The number of hydrogen-bond acceptors (Lipinski definition) is 2. The Bertz CT molecular complexity index is 207. The molecule has 0 saturated carbocycles. The third-order valence-corrected chi connectivity index (χ3v) is 4.74. The van der Waals surface area contributed by atoms with Gasteiger partial charge < -0.3 is 5.11 Å². The van der Waals surface area contributed by atoms with Crippen molar-refractivity contribution in [3.8, 4) is 0 Å². The van der Waals surface area contributed by atoms with Gasteiger partial charge in [-0.25, -0.2) is 0 Å². The molecule has 0 heterocycles. The van der Waals surface area contributed by atoms with Crippen molar-refractivity contribution in [3.05, 3.63) is 0 Å². The highest BCUT2D eigenvalue weighted by atomic mass is 32.2. The van der Waals surface area contributed by atoms with Gasteiger partial charge in [0.15, 0.2) is 0 Å². The van der Waals surface area contributed by atoms with Gasteiger partial charge in [-0.3, -0.25) is 4.79 Å². The standard InChI is InChI=1S/C16H32O2S/c1-3-4-5-6-7-8-9-10-11-12-13-19-14-15(2)16(17)18/h15H,3-14H2,1-2H3,(H,17,18). The molecule has 0 saturated heterocycles. The molecule has 19 heavy (non-hydrogen) atoms. The van der Waals surface area contributed by atoms with Crippen LogP contribution in [0.25, 0.3) is 0 Å². The zero-order valence-electron chi connectivity index (χ0n) is 12.8. The first-order valence-corrected chi connectivity index (χ1v) is 9.14. The molecule has 0 aliphatic rings. The smallest absolute Gasteiger partial charge is 0.307 e. The minimum absolute atomic E-state index is 0.201. The summed E-state index contributed by atoms with van der Waals surface area (Å²) in [4.78, 5) is 10.6. The summed E-state index contributed by atoms with van der Waals surface area (Å²) in [6.07, 6.45) is 13.6. The molecule has 0 spiro atoms. The van der Waals surface area contributed by atoms with Crippen molar-refractivity contribution in [2.45, 2.75) is 78.1 Å². The van der Waals surface area contributed by atoms with Crippen molar-refractivity contribution in [2.75, 3.05) is 11.5 Å². The Hall–Kier alpha value is -0.180. The number of aliphatic carboxylic acids is 1. The van der Waals surface area contributed by atoms with Gasteiger partial charge >= 0.3 is 5.97 Å². The number of thioether (sulfide) groups is 1. The van der Waals surface area contributed by atoms with Crippen LogP contribution in [0.4, 0.5) is 0 Å². The summed E-state index contributed by atoms with van der Waals surface area (Å²) in [6, 6.07) is 0. The topological polar surface area (TPSA) is 37.3 Å². The molecule has 1 atom stereocenters. The molecule has 0 radical (unpaired) electrons. The molecule has 0 aromatic rings. The quantitative estimate of drug-likeness (QED) is 0.437. The van der Waals surface area contributed by atoms with E-state index in [1.54, 1.807) is 18.7 Å². The Labute approximate surface area is 123 Å². The number of carboxylic acids is 1. The fourth-order valence-electron chi connectivity index (χ4n) is 2.02. The predicted molar refractivity (Wildman–Crippen MR) is 86.0 cm³/mol. The van der Waals surface area contributed by atoms with Crippen LogP contribution < -0.4 is 0 Å². The van der Waals surface area contributed by atoms with Gasteiger partial charge in [0.2, 0.25) is 0 Å². The number of carbonyl (C=O) groups is 1. The van der Waals surface area contributed by atoms with E-state index in [9.17, 15) is 4.79 Å². The average molecular weight is 288 g/mol. The fraction of sp³-hybridized carbons (Fsp3) is 0.938. The molecule has 0 aliphatic heterocycles. The van der Waals surface area contributed by atoms with E-state index in [0.717, 1.165) is 11.5 Å². The molecule has 0 bridgehead atoms. The van der Waals surface area contributed by atoms with Gasteiger partial charge in [-0.05, 0) is 12.2 Å². The highest BCUT2D eigenvalue weighted by Crippen LogP contribution is 2.14. The second kappa shape index (κ2) is 14.2. The molecular weight excluding hydrogens is 256 g/mol. The minimum Gasteiger partial charge on any atom is -0.481 e. The van der Waals surface area contributed by atoms with Gasteiger partial charge in [0.25, 0.3) is 0 Å². The second-order valence-corrected chi connectivity index (χ2v) is 6.65. The highest BCUT2D eigenvalue weighted by Gasteiger charge is 2.09. The van der Waals surface area contributed by atoms with Gasteiger partial charge in [-0.1, -0.05) is 71.6 Å². The van der Waals surface area contributed by atoms with Crippen LogP contribution in [0, 0.1) is 5.92 Å². The van der Waals surface area contributed by atoms with Crippen LogP contribution >= 0.6 is 11.8 Å². The largest absolute Gasteiger partial charge is 0.481 e. The first-order chi connectivity index (χ1) is 9.18. The van der Waals surface area contributed by atoms with E-state index in [1.807, 2.05) is 0 Å². The lowest BCUT2D eigenvalue weighted by atomic mass is 10.1. The third kappa shape index (κ3) is 14.0. The summed E-state index contributed by atoms with van der Waals surface area (Å²) in [7, 11) is 0. The summed E-state index contributed by atoms with van der Waals surface area (Å²) in [5.74, 6) is 1.00. The van der Waals surface area contributed by atoms with Crippen LogP contribution in [0.3, 0.4) is 0 Å². The van der Waals surface area contributed by atoms with E-state index < -0.39 is 5.97 Å². The van der Waals surface area contributed by atoms with Gasteiger partial charge in [0.1, 0.15) is 0 Å². The molecule has 1 N–H and O–H groups in total. The SMILES string of the molecule is CCCCCCCCCCCCSCC(C)C(=O)O. The summed E-state index contributed by atoms with van der Waals surface area (Å²) < 4.78 is 0. The van der Waals surface area contributed by atoms with Crippen LogP contribution in [0.15, 0.2) is 0 Å². The number of unbranched alkanes of at least 4 members (excludes halogenated alkanes) is 9. The first-order valence-electron chi connectivity index (χ1n) is 7.99. The Morgan fingerprint density at radius 3 is 1.89 bits per heavy atom. The van der Waals surface area contributed by atoms with Crippen molar-refractivity contribution < 1.29 is 9.90 Å². The van der Waals surface area contributed by atoms with Crippen LogP contribution in [0.5, 0.6) is 0 Å². The minimum atomic E-state index is -0.671. The molecule has 1 unspecified atom stereocenters. The van der Waals surface area contributed by atoms with Crippen molar-refractivity contribution >= 4 is 17.7 Å². The Morgan fingerprint density at radius 2 is 1.42 bits per heavy atom. The van der Waals surface area contributed by atoms with E-state index in [4.69, 9.17) is 5.11 Å². The maximum Gasteiger partial charge on any atom is 0.307 e. The second-order valence-electron chi connectivity index (χ2n) is 5.50. The van der Waals surface area contributed by atoms with E-state index in [0.29, 0.717) is 0 Å². The highest BCUT2D eigenvalue weighted by molar-refractivity contribution is 7.99. The number of rotatable bonds is 14. The zero-order valence-corrected chi connectivity index (χ0v) is 13.6. The van der Waals surface area contributed by atoms with Crippen molar-refractivity contribution in [1.82, 2.24) is 0 Å². The van der Waals surface area contributed by atoms with Gasteiger partial charge in [-0.2, -0.15) is 11.8 Å². The molecule has 0 amide bonds. The third-order valence-electron chi connectivity index (χ3n) is 3.43. The van der Waals surface area contributed by atoms with E-state index in [-0.39, 0.29) is 5.92 Å². The molecule has 0 aromatic heterocycles. The van der Waals surface area contributed by atoms with E-state index in [2.05, 4.69) is 6.92 Å². The Morgan fingerprint density at radius 1 is 0.947 bits per heavy atom. The van der Waals surface area contributed by atoms with Crippen LogP contribution in [0.2, 0.25) is 0 Å². The Kier molecular flexibility index (Phi) is 14.1. The molecule has 0 fully saturated rings. The van der Waals surface area contributed by atoms with Crippen LogP contribution in [0.1, 0.15) is 78.1 Å². The van der Waals surface area contributed by atoms with E-state index in [1.165, 1.54) is 64.2 Å². The van der Waals surface area contributed by atoms with Crippen molar-refractivity contribution in [1.29, 1.82) is 0 Å². The lowest BCUT2D eigenvalue weighted by molar-refractivity contribution is -0.140. The molecule has 2 nitrogen and oxygen atoms in total. The molecular formula is C16H32O2S. The zero-order chi connectivity index (χ0) is 14.3. The van der Waals surface area contributed by atoms with Gasteiger partial charge in [0, 0.05) is 5.75 Å². The van der Waals surface area contributed by atoms with Crippen LogP contribution in [-0.4, -0.2) is 22.6 Å². The number of carboxylic acid groups (broad SMARTS) is 1. The molecule has 0 aromatic carbocycles. The molecule has 0 rings (SSSR count). The lowest BCUT2D eigenvalue weighted by Gasteiger charge is -2.05. The molecule has 0 aliphatic carbocycles. The lowest BCUT2D eigenvalue weighted by Crippen LogP contribution is -2.11. The van der Waals surface area contributed by atoms with Gasteiger partial charge in [0.05, 0.1) is 5.92 Å². The predicted octanol–water partition coefficient (Wildman–Crippen LogP) is 5.36. The van der Waals surface area contributed by atoms with E-state index >= 15 is 0 Å². The molecule has 3 heteroatoms. The van der Waals surface area contributed by atoms with Crippen molar-refractivity contribution in [3.63, 3.8) is 0 Å². The maximum atomic E-state index is 10.6. The summed E-state index contributed by atoms with van der Waals surface area (Å²) >= 11 is 1.79. The summed E-state index contributed by atoms with van der Waals surface area (Å²) in [5.41, 5.74) is 0. The summed E-state index contributed by atoms with van der Waals surface area (Å²) in [5, 5.41) is 8.75. The summed E-state index contributed by atoms with van der Waals surface area (Å²) in [6.45, 7) is 4.04. The fourth-order valence-corrected chi connectivity index (χ4v) is 3.09. The van der Waals surface area contributed by atoms with Gasteiger partial charge in [-0.15, -0.1) is 0 Å². The first kappa shape index (κ1) is 18.8. The van der Waals surface area contributed by atoms with Crippen LogP contribution in [-0.2, 0) is 4.79 Å². The average Bonchev–Trinajstić information content (AvgIpc) is 2.39. The monoisotopic (exact) mass is 288 g/mol. The normalized spacial score (nSPS) is 12.5. The molecule has 114 valence electrons.